The molecule has 0 atom stereocenters. The van der Waals surface area contributed by atoms with Crippen LogP contribution in [0.4, 0.5) is 0 Å². The molecule has 0 amide bonds. The first-order chi connectivity index (χ1) is 9.87. The number of carboxylic acids is 1. The van der Waals surface area contributed by atoms with Crippen molar-refractivity contribution in [2.75, 3.05) is 13.2 Å². The first-order valence-corrected chi connectivity index (χ1v) is 8.68. The Morgan fingerprint density at radius 1 is 1.48 bits per heavy atom. The molecule has 21 heavy (non-hydrogen) atoms. The molecule has 1 aliphatic carbocycles. The number of carboxylic acid groups (broad SMARTS) is 1. The number of nitrogens with zero attached hydrogens (tertiary/aromatic N) is 1. The number of carbonyl (C=O) groups excluding carboxylic acids is 1. The van der Waals surface area contributed by atoms with Crippen LogP contribution < -0.4 is 0 Å². The molecule has 0 saturated heterocycles. The summed E-state index contributed by atoms with van der Waals surface area (Å²) >= 11 is 0.842. The minimum Gasteiger partial charge on any atom is -0.477 e. The van der Waals surface area contributed by atoms with Crippen LogP contribution in [0.3, 0.4) is 0 Å². The quantitative estimate of drug-likeness (QED) is 0.752. The molecule has 0 bridgehead atoms. The molecule has 1 heterocycles. The van der Waals surface area contributed by atoms with Crippen LogP contribution in [0.15, 0.2) is 16.3 Å². The van der Waals surface area contributed by atoms with Crippen molar-refractivity contribution in [3.63, 3.8) is 0 Å². The van der Waals surface area contributed by atoms with E-state index in [-0.39, 0.29) is 22.4 Å². The van der Waals surface area contributed by atoms with E-state index in [2.05, 4.69) is 0 Å². The van der Waals surface area contributed by atoms with Crippen LogP contribution in [0.2, 0.25) is 0 Å². The third-order valence-electron chi connectivity index (χ3n) is 2.95. The van der Waals surface area contributed by atoms with E-state index in [0.717, 1.165) is 15.6 Å². The van der Waals surface area contributed by atoms with Crippen molar-refractivity contribution in [2.24, 2.45) is 0 Å². The summed E-state index contributed by atoms with van der Waals surface area (Å²) in [6.07, 6.45) is 1.32. The number of rotatable bonds is 7. The van der Waals surface area contributed by atoms with E-state index >= 15 is 0 Å². The van der Waals surface area contributed by atoms with Crippen molar-refractivity contribution >= 4 is 33.3 Å². The molecule has 0 spiro atoms. The van der Waals surface area contributed by atoms with E-state index in [1.165, 1.54) is 11.4 Å². The minimum atomic E-state index is -4.02. The van der Waals surface area contributed by atoms with Gasteiger partial charge < -0.3 is 9.84 Å². The predicted molar refractivity (Wildman–Crippen MR) is 74.8 cm³/mol. The van der Waals surface area contributed by atoms with Crippen LogP contribution in [-0.4, -0.2) is 49.0 Å². The van der Waals surface area contributed by atoms with Gasteiger partial charge in [0.05, 0.1) is 6.61 Å². The average Bonchev–Trinajstić information content (AvgIpc) is 3.10. The molecule has 0 aromatic carbocycles. The number of hydrogen-bond donors (Lipinski definition) is 1. The first kappa shape index (κ1) is 15.9. The Morgan fingerprint density at radius 2 is 2.14 bits per heavy atom. The van der Waals surface area contributed by atoms with Gasteiger partial charge >= 0.3 is 11.9 Å². The Balaban J connectivity index is 2.32. The molecule has 1 aliphatic rings. The van der Waals surface area contributed by atoms with E-state index in [4.69, 9.17) is 9.84 Å². The summed E-state index contributed by atoms with van der Waals surface area (Å²) in [6.45, 7) is 1.40. The molecule has 116 valence electrons. The summed E-state index contributed by atoms with van der Waals surface area (Å²) in [7, 11) is -4.02. The van der Waals surface area contributed by atoms with Gasteiger partial charge in [-0.15, -0.1) is 11.3 Å². The van der Waals surface area contributed by atoms with Gasteiger partial charge in [-0.3, -0.25) is 4.79 Å². The second-order valence-electron chi connectivity index (χ2n) is 4.51. The molecule has 7 nitrogen and oxygen atoms in total. The van der Waals surface area contributed by atoms with Gasteiger partial charge in [0.15, 0.2) is 0 Å². The fraction of sp³-hybridized carbons (Fsp3) is 0.500. The van der Waals surface area contributed by atoms with Crippen molar-refractivity contribution in [3.05, 3.63) is 16.3 Å². The number of sulfonamides is 1. The third-order valence-corrected chi connectivity index (χ3v) is 5.93. The summed E-state index contributed by atoms with van der Waals surface area (Å²) in [4.78, 5) is 22.2. The van der Waals surface area contributed by atoms with Crippen LogP contribution in [0.25, 0.3) is 0 Å². The predicted octanol–water partition coefficient (Wildman–Crippen LogP) is 1.16. The summed E-state index contributed by atoms with van der Waals surface area (Å²) in [5, 5.41) is 10.5. The van der Waals surface area contributed by atoms with Gasteiger partial charge in [-0.2, -0.15) is 4.31 Å². The van der Waals surface area contributed by atoms with Gasteiger partial charge in [0, 0.05) is 6.04 Å². The van der Waals surface area contributed by atoms with E-state index in [0.29, 0.717) is 12.8 Å². The zero-order valence-electron chi connectivity index (χ0n) is 11.3. The molecule has 1 saturated carbocycles. The maximum absolute atomic E-state index is 12.6. The molecule has 0 radical (unpaired) electrons. The molecule has 2 rings (SSSR count). The van der Waals surface area contributed by atoms with Crippen LogP contribution in [0, 0.1) is 0 Å². The molecule has 0 unspecified atom stereocenters. The average molecular weight is 333 g/mol. The largest absolute Gasteiger partial charge is 0.477 e. The van der Waals surface area contributed by atoms with E-state index < -0.39 is 28.5 Å². The second-order valence-corrected chi connectivity index (χ2v) is 7.28. The molecule has 1 fully saturated rings. The lowest BCUT2D eigenvalue weighted by Gasteiger charge is -2.20. The smallest absolute Gasteiger partial charge is 0.347 e. The lowest BCUT2D eigenvalue weighted by atomic mass is 10.5. The van der Waals surface area contributed by atoms with Crippen LogP contribution in [-0.2, 0) is 19.6 Å². The zero-order valence-corrected chi connectivity index (χ0v) is 12.9. The fourth-order valence-electron chi connectivity index (χ4n) is 1.89. The number of aromatic carboxylic acids is 1. The molecule has 1 aromatic heterocycles. The highest BCUT2D eigenvalue weighted by molar-refractivity contribution is 7.89. The van der Waals surface area contributed by atoms with Gasteiger partial charge in [-0.25, -0.2) is 13.2 Å². The molecular weight excluding hydrogens is 318 g/mol. The van der Waals surface area contributed by atoms with E-state index in [1.54, 1.807) is 6.92 Å². The van der Waals surface area contributed by atoms with Crippen molar-refractivity contribution in [2.45, 2.75) is 30.7 Å². The maximum atomic E-state index is 12.6. The molecular formula is C12H15NO6S2. The van der Waals surface area contributed by atoms with E-state index in [1.807, 2.05) is 0 Å². The lowest BCUT2D eigenvalue weighted by molar-refractivity contribution is -0.143. The van der Waals surface area contributed by atoms with Crippen molar-refractivity contribution in [3.8, 4) is 0 Å². The van der Waals surface area contributed by atoms with Gasteiger partial charge in [-0.1, -0.05) is 0 Å². The molecule has 1 N–H and O–H groups in total. The van der Waals surface area contributed by atoms with Gasteiger partial charge in [0.2, 0.25) is 10.0 Å². The second kappa shape index (κ2) is 6.12. The monoisotopic (exact) mass is 333 g/mol. The Labute approximate surface area is 126 Å². The standard InChI is InChI=1S/C12H15NO6S2/c1-2-19-10(14)7-13(8-3-4-8)21(17,18)9-5-6-20-11(9)12(15)16/h5-6,8H,2-4,7H2,1H3,(H,15,16). The normalized spacial score (nSPS) is 15.1. The van der Waals surface area contributed by atoms with Crippen molar-refractivity contribution in [1.82, 2.24) is 4.31 Å². The Bertz CT molecular complexity index is 646. The van der Waals surface area contributed by atoms with E-state index in [9.17, 15) is 18.0 Å². The topological polar surface area (TPSA) is 101 Å². The minimum absolute atomic E-state index is 0.163. The van der Waals surface area contributed by atoms with Crippen molar-refractivity contribution in [1.29, 1.82) is 0 Å². The Kier molecular flexibility index (Phi) is 4.64. The number of thiophene rings is 1. The Hall–Kier alpha value is -1.45. The highest BCUT2D eigenvalue weighted by Crippen LogP contribution is 2.34. The van der Waals surface area contributed by atoms with Crippen LogP contribution in [0.5, 0.6) is 0 Å². The molecule has 9 heteroatoms. The highest BCUT2D eigenvalue weighted by atomic mass is 32.2. The highest BCUT2D eigenvalue weighted by Gasteiger charge is 2.41. The van der Waals surface area contributed by atoms with Gasteiger partial charge in [0.1, 0.15) is 16.3 Å². The van der Waals surface area contributed by atoms with Crippen LogP contribution in [0.1, 0.15) is 29.4 Å². The van der Waals surface area contributed by atoms with Crippen LogP contribution >= 0.6 is 11.3 Å². The number of hydrogen-bond acceptors (Lipinski definition) is 6. The maximum Gasteiger partial charge on any atom is 0.347 e. The fourth-order valence-corrected chi connectivity index (χ4v) is 4.75. The molecule has 1 aromatic rings. The third kappa shape index (κ3) is 3.42. The van der Waals surface area contributed by atoms with Gasteiger partial charge in [0.25, 0.3) is 0 Å². The summed E-state index contributed by atoms with van der Waals surface area (Å²) in [5.74, 6) is -1.93. The lowest BCUT2D eigenvalue weighted by Crippen LogP contribution is -2.38. The van der Waals surface area contributed by atoms with Gasteiger partial charge in [-0.05, 0) is 31.2 Å². The van der Waals surface area contributed by atoms with Crippen molar-refractivity contribution < 1.29 is 27.9 Å². The zero-order chi connectivity index (χ0) is 15.6. The summed E-state index contributed by atoms with van der Waals surface area (Å²) < 4.78 is 31.0. The number of esters is 1. The molecule has 0 aliphatic heterocycles. The summed E-state index contributed by atoms with van der Waals surface area (Å²) in [5.41, 5.74) is 0. The first-order valence-electron chi connectivity index (χ1n) is 6.36. The summed E-state index contributed by atoms with van der Waals surface area (Å²) in [6, 6.07) is 0.991. The Morgan fingerprint density at radius 3 is 2.67 bits per heavy atom. The number of ether oxygens (including phenoxy) is 1. The SMILES string of the molecule is CCOC(=O)CN(C1CC1)S(=O)(=O)c1ccsc1C(=O)O. The number of carbonyl (C=O) groups is 2.